The van der Waals surface area contributed by atoms with Crippen LogP contribution in [0.4, 0.5) is 17.1 Å². The van der Waals surface area contributed by atoms with Crippen LogP contribution in [0.25, 0.3) is 10.8 Å². The lowest BCUT2D eigenvalue weighted by Crippen LogP contribution is -1.95. The number of aromatic nitrogens is 1. The van der Waals surface area contributed by atoms with Gasteiger partial charge in [0.05, 0.1) is 10.7 Å². The van der Waals surface area contributed by atoms with E-state index in [4.69, 9.17) is 28.9 Å². The van der Waals surface area contributed by atoms with Gasteiger partial charge in [-0.05, 0) is 36.4 Å². The highest BCUT2D eigenvalue weighted by Crippen LogP contribution is 2.33. The van der Waals surface area contributed by atoms with Crippen LogP contribution in [-0.4, -0.2) is 4.98 Å². The molecule has 0 unspecified atom stereocenters. The van der Waals surface area contributed by atoms with E-state index in [1.165, 1.54) is 0 Å². The number of halogens is 2. The Hall–Kier alpha value is -1.97. The number of nitrogen functional groups attached to an aromatic ring is 1. The van der Waals surface area contributed by atoms with Gasteiger partial charge in [0.15, 0.2) is 0 Å². The first kappa shape index (κ1) is 13.0. The predicted molar refractivity (Wildman–Crippen MR) is 85.9 cm³/mol. The van der Waals surface area contributed by atoms with E-state index in [2.05, 4.69) is 10.3 Å². The van der Waals surface area contributed by atoms with Gasteiger partial charge in [-0.15, -0.1) is 0 Å². The minimum Gasteiger partial charge on any atom is -0.398 e. The zero-order valence-corrected chi connectivity index (χ0v) is 11.9. The zero-order chi connectivity index (χ0) is 14.1. The third-order valence-corrected chi connectivity index (χ3v) is 3.61. The van der Waals surface area contributed by atoms with E-state index in [9.17, 15) is 0 Å². The SMILES string of the molecule is Nc1ccc(Nc2cc(Cl)ccc2Cl)c2cnccc12. The molecule has 2 aromatic carbocycles. The van der Waals surface area contributed by atoms with Crippen molar-refractivity contribution in [2.75, 3.05) is 11.1 Å². The van der Waals surface area contributed by atoms with Crippen LogP contribution in [0.1, 0.15) is 0 Å². The van der Waals surface area contributed by atoms with Crippen molar-refractivity contribution < 1.29 is 0 Å². The molecule has 0 saturated heterocycles. The van der Waals surface area contributed by atoms with Crippen LogP contribution < -0.4 is 11.1 Å². The maximum absolute atomic E-state index is 6.17. The molecule has 3 nitrogen and oxygen atoms in total. The Balaban J connectivity index is 2.11. The number of hydrogen-bond donors (Lipinski definition) is 2. The molecule has 5 heteroatoms. The third-order valence-electron chi connectivity index (χ3n) is 3.05. The summed E-state index contributed by atoms with van der Waals surface area (Å²) in [5, 5.41) is 6.37. The minimum atomic E-state index is 0.600. The molecule has 1 aromatic heterocycles. The summed E-state index contributed by atoms with van der Waals surface area (Å²) in [6.07, 6.45) is 3.49. The summed E-state index contributed by atoms with van der Waals surface area (Å²) < 4.78 is 0. The molecular weight excluding hydrogens is 293 g/mol. The van der Waals surface area contributed by atoms with Gasteiger partial charge in [-0.2, -0.15) is 0 Å². The number of anilines is 3. The summed E-state index contributed by atoms with van der Waals surface area (Å²) in [5.41, 5.74) is 8.31. The van der Waals surface area contributed by atoms with E-state index < -0.39 is 0 Å². The highest BCUT2D eigenvalue weighted by atomic mass is 35.5. The topological polar surface area (TPSA) is 50.9 Å². The normalized spacial score (nSPS) is 10.7. The lowest BCUT2D eigenvalue weighted by atomic mass is 10.1. The van der Waals surface area contributed by atoms with E-state index in [0.717, 1.165) is 22.1 Å². The van der Waals surface area contributed by atoms with Gasteiger partial charge in [0.25, 0.3) is 0 Å². The number of nitrogens with one attached hydrogen (secondary N) is 1. The molecule has 0 radical (unpaired) electrons. The van der Waals surface area contributed by atoms with Crippen molar-refractivity contribution in [2.24, 2.45) is 0 Å². The molecule has 3 N–H and O–H groups in total. The van der Waals surface area contributed by atoms with Gasteiger partial charge < -0.3 is 11.1 Å². The molecule has 3 rings (SSSR count). The molecule has 100 valence electrons. The van der Waals surface area contributed by atoms with Crippen LogP contribution in [0.3, 0.4) is 0 Å². The van der Waals surface area contributed by atoms with Gasteiger partial charge in [0, 0.05) is 39.6 Å². The molecule has 20 heavy (non-hydrogen) atoms. The van der Waals surface area contributed by atoms with Crippen molar-refractivity contribution >= 4 is 51.0 Å². The average Bonchev–Trinajstić information content (AvgIpc) is 2.46. The molecule has 0 spiro atoms. The lowest BCUT2D eigenvalue weighted by molar-refractivity contribution is 1.36. The summed E-state index contributed by atoms with van der Waals surface area (Å²) in [4.78, 5) is 4.14. The van der Waals surface area contributed by atoms with Crippen molar-refractivity contribution in [2.45, 2.75) is 0 Å². The Kier molecular flexibility index (Phi) is 3.38. The van der Waals surface area contributed by atoms with Crippen LogP contribution in [0.2, 0.25) is 10.0 Å². The highest BCUT2D eigenvalue weighted by Gasteiger charge is 2.07. The van der Waals surface area contributed by atoms with Crippen LogP contribution >= 0.6 is 23.2 Å². The number of hydrogen-bond acceptors (Lipinski definition) is 3. The van der Waals surface area contributed by atoms with Crippen LogP contribution in [-0.2, 0) is 0 Å². The molecule has 0 atom stereocenters. The first-order valence-electron chi connectivity index (χ1n) is 5.99. The van der Waals surface area contributed by atoms with Gasteiger partial charge in [-0.1, -0.05) is 23.2 Å². The van der Waals surface area contributed by atoms with Gasteiger partial charge in [-0.25, -0.2) is 0 Å². The summed E-state index contributed by atoms with van der Waals surface area (Å²) >= 11 is 12.2. The van der Waals surface area contributed by atoms with E-state index in [-0.39, 0.29) is 0 Å². The summed E-state index contributed by atoms with van der Waals surface area (Å²) in [5.74, 6) is 0. The lowest BCUT2D eigenvalue weighted by Gasteiger charge is -2.12. The van der Waals surface area contributed by atoms with Gasteiger partial charge >= 0.3 is 0 Å². The van der Waals surface area contributed by atoms with Crippen molar-refractivity contribution in [1.82, 2.24) is 4.98 Å². The summed E-state index contributed by atoms with van der Waals surface area (Å²) in [7, 11) is 0. The fourth-order valence-electron chi connectivity index (χ4n) is 2.06. The van der Waals surface area contributed by atoms with E-state index in [0.29, 0.717) is 15.7 Å². The molecule has 0 saturated carbocycles. The number of nitrogens with two attached hydrogens (primary N) is 1. The second kappa shape index (κ2) is 5.19. The molecule has 0 fully saturated rings. The standard InChI is InChI=1S/C15H11Cl2N3/c16-9-1-2-12(17)15(7-9)20-14-4-3-13(18)10-5-6-19-8-11(10)14/h1-8,20H,18H2. The maximum atomic E-state index is 6.17. The number of pyridine rings is 1. The maximum Gasteiger partial charge on any atom is 0.0642 e. The van der Waals surface area contributed by atoms with Crippen LogP contribution in [0, 0.1) is 0 Å². The van der Waals surface area contributed by atoms with Crippen LogP contribution in [0.5, 0.6) is 0 Å². The van der Waals surface area contributed by atoms with Crippen molar-refractivity contribution in [3.8, 4) is 0 Å². The van der Waals surface area contributed by atoms with E-state index >= 15 is 0 Å². The Bertz CT molecular complexity index is 787. The molecule has 3 aromatic rings. The van der Waals surface area contributed by atoms with Crippen LogP contribution in [0.15, 0.2) is 48.8 Å². The van der Waals surface area contributed by atoms with Crippen molar-refractivity contribution in [3.63, 3.8) is 0 Å². The Morgan fingerprint density at radius 2 is 1.80 bits per heavy atom. The molecular formula is C15H11Cl2N3. The largest absolute Gasteiger partial charge is 0.398 e. The smallest absolute Gasteiger partial charge is 0.0642 e. The first-order chi connectivity index (χ1) is 9.65. The molecule has 0 aliphatic heterocycles. The van der Waals surface area contributed by atoms with Gasteiger partial charge in [0.1, 0.15) is 0 Å². The number of rotatable bonds is 2. The first-order valence-corrected chi connectivity index (χ1v) is 6.75. The fourth-order valence-corrected chi connectivity index (χ4v) is 2.40. The number of nitrogens with zero attached hydrogens (tertiary/aromatic N) is 1. The molecule has 0 aliphatic rings. The third kappa shape index (κ3) is 2.38. The van der Waals surface area contributed by atoms with E-state index in [1.807, 2.05) is 18.2 Å². The van der Waals surface area contributed by atoms with E-state index in [1.54, 1.807) is 30.6 Å². The quantitative estimate of drug-likeness (QED) is 0.664. The monoisotopic (exact) mass is 303 g/mol. The summed E-state index contributed by atoms with van der Waals surface area (Å²) in [6, 6.07) is 10.9. The molecule has 0 bridgehead atoms. The van der Waals surface area contributed by atoms with Crippen molar-refractivity contribution in [3.05, 3.63) is 58.8 Å². The highest BCUT2D eigenvalue weighted by molar-refractivity contribution is 6.35. The summed E-state index contributed by atoms with van der Waals surface area (Å²) in [6.45, 7) is 0. The molecule has 0 aliphatic carbocycles. The Morgan fingerprint density at radius 3 is 2.65 bits per heavy atom. The minimum absolute atomic E-state index is 0.600. The predicted octanol–water partition coefficient (Wildman–Crippen LogP) is 4.87. The second-order valence-electron chi connectivity index (χ2n) is 4.37. The average molecular weight is 304 g/mol. The number of benzene rings is 2. The van der Waals surface area contributed by atoms with Gasteiger partial charge in [-0.3, -0.25) is 4.98 Å². The molecule has 1 heterocycles. The Labute approximate surface area is 126 Å². The van der Waals surface area contributed by atoms with Gasteiger partial charge in [0.2, 0.25) is 0 Å². The second-order valence-corrected chi connectivity index (χ2v) is 5.22. The zero-order valence-electron chi connectivity index (χ0n) is 10.4. The molecule has 0 amide bonds. The van der Waals surface area contributed by atoms with Crippen molar-refractivity contribution in [1.29, 1.82) is 0 Å². The Morgan fingerprint density at radius 1 is 0.950 bits per heavy atom. The fraction of sp³-hybridized carbons (Fsp3) is 0. The number of fused-ring (bicyclic) bond motifs is 1.